The maximum atomic E-state index is 6.46. The zero-order chi connectivity index (χ0) is 33.4. The molecule has 4 heterocycles. The van der Waals surface area contributed by atoms with E-state index in [1.807, 2.05) is 66.9 Å². The van der Waals surface area contributed by atoms with E-state index in [0.717, 1.165) is 61.4 Å². The zero-order valence-electron chi connectivity index (χ0n) is 28.5. The second kappa shape index (κ2) is 14.2. The van der Waals surface area contributed by atoms with Gasteiger partial charge in [0.25, 0.3) is 0 Å². The van der Waals surface area contributed by atoms with Crippen molar-refractivity contribution in [3.05, 3.63) is 137 Å². The fourth-order valence-electron chi connectivity index (χ4n) is 6.40. The van der Waals surface area contributed by atoms with Gasteiger partial charge < -0.3 is 14.4 Å². The van der Waals surface area contributed by atoms with Crippen LogP contribution in [0, 0.1) is 38.3 Å². The predicted octanol–water partition coefficient (Wildman–Crippen LogP) is 11.8. The summed E-state index contributed by atoms with van der Waals surface area (Å²) in [4.78, 5) is 13.9. The largest absolute Gasteiger partial charge is 0.501 e. The molecule has 1 radical (unpaired) electrons. The molecule has 0 N–H and O–H groups in total. The second-order valence-corrected chi connectivity index (χ2v) is 14.6. The van der Waals surface area contributed by atoms with Gasteiger partial charge in [0, 0.05) is 43.4 Å². The van der Waals surface area contributed by atoms with Crippen LogP contribution < -0.4 is 0 Å². The van der Waals surface area contributed by atoms with E-state index in [-0.39, 0.29) is 25.5 Å². The molecule has 49 heavy (non-hydrogen) atoms. The van der Waals surface area contributed by atoms with Gasteiger partial charge in [-0.15, -0.1) is 65.4 Å². The molecule has 6 heteroatoms. The molecular weight excluding hydrogens is 799 g/mol. The summed E-state index contributed by atoms with van der Waals surface area (Å²) >= 11 is 1.72. The van der Waals surface area contributed by atoms with Crippen LogP contribution in [0.3, 0.4) is 0 Å². The van der Waals surface area contributed by atoms with E-state index in [0.29, 0.717) is 0 Å². The second-order valence-electron chi connectivity index (χ2n) is 13.4. The van der Waals surface area contributed by atoms with Crippen LogP contribution in [0.15, 0.2) is 108 Å². The monoisotopic (exact) mass is 836 g/mol. The Hall–Kier alpha value is -4.48. The minimum absolute atomic E-state index is 0. The van der Waals surface area contributed by atoms with Crippen molar-refractivity contribution in [2.45, 2.75) is 48.0 Å². The third-order valence-corrected chi connectivity index (χ3v) is 9.43. The summed E-state index contributed by atoms with van der Waals surface area (Å²) < 4.78 is 7.63. The van der Waals surface area contributed by atoms with Crippen LogP contribution in [0.25, 0.3) is 65.8 Å². The number of furan rings is 1. The molecule has 0 saturated heterocycles. The summed E-state index contributed by atoms with van der Waals surface area (Å²) in [6.45, 7) is 13.3. The first kappa shape index (κ1) is 34.4. The number of nitrogens with zero attached hydrogens (tertiary/aromatic N) is 3. The molecule has 8 aromatic rings. The van der Waals surface area contributed by atoms with Crippen molar-refractivity contribution in [1.82, 2.24) is 15.0 Å². The first-order valence-corrected chi connectivity index (χ1v) is 17.0. The van der Waals surface area contributed by atoms with Gasteiger partial charge in [-0.2, -0.15) is 0 Å². The third-order valence-electron chi connectivity index (χ3n) is 8.42. The van der Waals surface area contributed by atoms with Gasteiger partial charge in [-0.25, -0.2) is 4.98 Å². The molecule has 0 fully saturated rings. The van der Waals surface area contributed by atoms with Gasteiger partial charge in [0.2, 0.25) is 0 Å². The maximum Gasteiger partial charge on any atom is 0.122 e. The Balaban J connectivity index is 0.000000270. The first-order chi connectivity index (χ1) is 23.2. The SMILES string of the molecule is Cc1nc2ccc3oc4c(-c5cc(CC(C)(C)C)c(-c6c(C)cccc6C)cn5)[c-]ccc4c3c2s1.[Ir].[c-]1ccccc1-c1ccccn1. The summed E-state index contributed by atoms with van der Waals surface area (Å²) in [5.74, 6) is 0. The molecule has 0 saturated carbocycles. The molecule has 247 valence electrons. The van der Waals surface area contributed by atoms with E-state index in [1.165, 1.54) is 32.5 Å². The van der Waals surface area contributed by atoms with E-state index < -0.39 is 0 Å². The predicted molar refractivity (Wildman–Crippen MR) is 200 cm³/mol. The Morgan fingerprint density at radius 1 is 0.796 bits per heavy atom. The van der Waals surface area contributed by atoms with Crippen LogP contribution >= 0.6 is 11.3 Å². The van der Waals surface area contributed by atoms with Crippen molar-refractivity contribution in [3.8, 4) is 33.6 Å². The van der Waals surface area contributed by atoms with Crippen LogP contribution in [-0.2, 0) is 26.5 Å². The Morgan fingerprint density at radius 3 is 2.31 bits per heavy atom. The summed E-state index contributed by atoms with van der Waals surface area (Å²) in [7, 11) is 0. The molecule has 4 aromatic carbocycles. The molecule has 0 unspecified atom stereocenters. The summed E-state index contributed by atoms with van der Waals surface area (Å²) in [6, 6.07) is 37.2. The first-order valence-electron chi connectivity index (χ1n) is 16.2. The maximum absolute atomic E-state index is 6.46. The zero-order valence-corrected chi connectivity index (χ0v) is 31.7. The van der Waals surface area contributed by atoms with Crippen molar-refractivity contribution < 1.29 is 24.5 Å². The van der Waals surface area contributed by atoms with Crippen molar-refractivity contribution in [2.75, 3.05) is 0 Å². The third kappa shape index (κ3) is 7.14. The fourth-order valence-corrected chi connectivity index (χ4v) is 7.37. The topological polar surface area (TPSA) is 51.8 Å². The minimum Gasteiger partial charge on any atom is -0.501 e. The Bertz CT molecular complexity index is 2330. The van der Waals surface area contributed by atoms with E-state index in [4.69, 9.17) is 9.40 Å². The van der Waals surface area contributed by atoms with Gasteiger partial charge >= 0.3 is 0 Å². The van der Waals surface area contributed by atoms with Crippen molar-refractivity contribution in [2.24, 2.45) is 5.41 Å². The molecule has 0 amide bonds. The molecule has 8 rings (SSSR count). The molecule has 0 aliphatic heterocycles. The van der Waals surface area contributed by atoms with Gasteiger partial charge in [0.1, 0.15) is 5.58 Å². The Labute approximate surface area is 305 Å². The summed E-state index contributed by atoms with van der Waals surface area (Å²) in [6.07, 6.45) is 4.78. The molecule has 4 aromatic heterocycles. The van der Waals surface area contributed by atoms with Gasteiger partial charge in [0.15, 0.2) is 0 Å². The summed E-state index contributed by atoms with van der Waals surface area (Å²) in [5.41, 5.74) is 13.0. The van der Waals surface area contributed by atoms with E-state index >= 15 is 0 Å². The molecule has 0 bridgehead atoms. The van der Waals surface area contributed by atoms with Gasteiger partial charge in [0.05, 0.1) is 20.8 Å². The quantitative estimate of drug-likeness (QED) is 0.166. The van der Waals surface area contributed by atoms with Crippen LogP contribution in [0.2, 0.25) is 0 Å². The number of pyridine rings is 2. The molecule has 0 atom stereocenters. The standard InChI is InChI=1S/C32H29N2OS.C11H8N.Ir/c1-18-9-7-10-19(2)28(18)24-17-33-26(15-21(24)16-32(4,5)6)22-11-8-12-23-29-27(35-30(22)23)14-13-25-31(29)36-20(3)34-25;1-2-6-10(7-3-1)11-8-4-5-9-12-11;/h7-10,12-15,17H,16H2,1-6H3;1-6,8-9H;/q2*-1;. The Morgan fingerprint density at radius 2 is 1.59 bits per heavy atom. The molecular formula is C43H37IrN3OS-2. The van der Waals surface area contributed by atoms with Gasteiger partial charge in [-0.05, 0) is 84.4 Å². The van der Waals surface area contributed by atoms with Gasteiger partial charge in [-0.1, -0.05) is 68.1 Å². The number of rotatable bonds is 4. The number of benzene rings is 4. The number of aromatic nitrogens is 3. The number of aryl methyl sites for hydroxylation is 3. The van der Waals surface area contributed by atoms with Crippen LogP contribution in [0.1, 0.15) is 42.5 Å². The van der Waals surface area contributed by atoms with Crippen LogP contribution in [0.5, 0.6) is 0 Å². The molecule has 0 spiro atoms. The fraction of sp³-hybridized carbons (Fsp3) is 0.186. The van der Waals surface area contributed by atoms with Crippen LogP contribution in [0.4, 0.5) is 0 Å². The number of thiazole rings is 1. The van der Waals surface area contributed by atoms with E-state index in [1.54, 1.807) is 17.5 Å². The van der Waals surface area contributed by atoms with Crippen molar-refractivity contribution in [1.29, 1.82) is 0 Å². The summed E-state index contributed by atoms with van der Waals surface area (Å²) in [5, 5.41) is 3.28. The number of hydrogen-bond acceptors (Lipinski definition) is 5. The number of hydrogen-bond donors (Lipinski definition) is 0. The van der Waals surface area contributed by atoms with Gasteiger partial charge in [-0.3, -0.25) is 0 Å². The van der Waals surface area contributed by atoms with Crippen LogP contribution in [-0.4, -0.2) is 15.0 Å². The minimum atomic E-state index is 0. The van der Waals surface area contributed by atoms with Crippen molar-refractivity contribution in [3.63, 3.8) is 0 Å². The van der Waals surface area contributed by atoms with E-state index in [9.17, 15) is 0 Å². The normalized spacial score (nSPS) is 11.4. The number of fused-ring (bicyclic) bond motifs is 5. The average Bonchev–Trinajstić information content (AvgIpc) is 3.65. The van der Waals surface area contributed by atoms with E-state index in [2.05, 4.69) is 94.0 Å². The average molecular weight is 836 g/mol. The molecule has 0 aliphatic rings. The Kier molecular flexibility index (Phi) is 9.94. The molecule has 0 aliphatic carbocycles. The molecule has 4 nitrogen and oxygen atoms in total. The van der Waals surface area contributed by atoms with Crippen molar-refractivity contribution >= 4 is 43.5 Å². The smallest absolute Gasteiger partial charge is 0.122 e.